The van der Waals surface area contributed by atoms with E-state index in [0.29, 0.717) is 5.95 Å². The van der Waals surface area contributed by atoms with E-state index in [1.165, 1.54) is 12.7 Å². The Morgan fingerprint density at radius 3 is 2.89 bits per heavy atom. The van der Waals surface area contributed by atoms with Crippen molar-refractivity contribution < 1.29 is 4.74 Å². The van der Waals surface area contributed by atoms with Crippen LogP contribution >= 0.6 is 0 Å². The van der Waals surface area contributed by atoms with Gasteiger partial charge < -0.3 is 15.4 Å². The van der Waals surface area contributed by atoms with Crippen LogP contribution in [0.3, 0.4) is 0 Å². The average molecular weight is 243 g/mol. The fourth-order valence-electron chi connectivity index (χ4n) is 2.12. The molecule has 0 fully saturated rings. The number of aromatic nitrogens is 3. The first kappa shape index (κ1) is 10.8. The van der Waals surface area contributed by atoms with Crippen molar-refractivity contribution in [3.8, 4) is 6.01 Å². The van der Waals surface area contributed by atoms with Gasteiger partial charge in [0, 0.05) is 12.2 Å². The van der Waals surface area contributed by atoms with E-state index in [2.05, 4.69) is 27.1 Å². The summed E-state index contributed by atoms with van der Waals surface area (Å²) in [5, 5.41) is 0. The lowest BCUT2D eigenvalue weighted by molar-refractivity contribution is 0.379. The summed E-state index contributed by atoms with van der Waals surface area (Å²) in [6.07, 6.45) is 0.976. The topological polar surface area (TPSA) is 77.2 Å². The molecule has 0 aliphatic carbocycles. The van der Waals surface area contributed by atoms with Crippen molar-refractivity contribution >= 4 is 17.6 Å². The van der Waals surface area contributed by atoms with Gasteiger partial charge in [-0.25, -0.2) is 0 Å². The predicted molar refractivity (Wildman–Crippen MR) is 67.9 cm³/mol. The summed E-state index contributed by atoms with van der Waals surface area (Å²) < 4.78 is 5.01. The molecule has 0 saturated heterocycles. The van der Waals surface area contributed by atoms with Gasteiger partial charge in [-0.1, -0.05) is 18.2 Å². The number of nitrogens with zero attached hydrogens (tertiary/aromatic N) is 4. The molecule has 0 unspecified atom stereocenters. The van der Waals surface area contributed by atoms with Crippen LogP contribution in [0.1, 0.15) is 5.56 Å². The molecule has 2 aromatic rings. The quantitative estimate of drug-likeness (QED) is 0.852. The van der Waals surface area contributed by atoms with E-state index in [1.807, 2.05) is 17.0 Å². The molecule has 0 saturated carbocycles. The third kappa shape index (κ3) is 1.71. The third-order valence-corrected chi connectivity index (χ3v) is 2.93. The van der Waals surface area contributed by atoms with Crippen molar-refractivity contribution in [3.05, 3.63) is 29.8 Å². The monoisotopic (exact) mass is 243 g/mol. The Labute approximate surface area is 104 Å². The normalized spacial score (nSPS) is 13.5. The van der Waals surface area contributed by atoms with Crippen LogP contribution in [0, 0.1) is 0 Å². The molecule has 1 aliphatic heterocycles. The maximum Gasteiger partial charge on any atom is 0.322 e. The molecule has 18 heavy (non-hydrogen) atoms. The minimum Gasteiger partial charge on any atom is -0.467 e. The van der Waals surface area contributed by atoms with Gasteiger partial charge in [-0.2, -0.15) is 15.0 Å². The molecule has 6 heteroatoms. The van der Waals surface area contributed by atoms with Crippen molar-refractivity contribution in [2.24, 2.45) is 0 Å². The van der Waals surface area contributed by atoms with Gasteiger partial charge in [0.15, 0.2) is 0 Å². The van der Waals surface area contributed by atoms with Gasteiger partial charge in [-0.05, 0) is 18.1 Å². The SMILES string of the molecule is COc1nc(N)nc(N2CCc3ccccc32)n1. The maximum absolute atomic E-state index is 5.65. The van der Waals surface area contributed by atoms with Gasteiger partial charge in [0.2, 0.25) is 11.9 Å². The molecule has 3 rings (SSSR count). The maximum atomic E-state index is 5.65. The molecule has 2 N–H and O–H groups in total. The van der Waals surface area contributed by atoms with Gasteiger partial charge in [0.25, 0.3) is 0 Å². The van der Waals surface area contributed by atoms with Crippen LogP contribution in [-0.2, 0) is 6.42 Å². The van der Waals surface area contributed by atoms with Gasteiger partial charge in [-0.15, -0.1) is 0 Å². The molecule has 0 radical (unpaired) electrons. The number of ether oxygens (including phenoxy) is 1. The molecule has 0 atom stereocenters. The molecule has 6 nitrogen and oxygen atoms in total. The van der Waals surface area contributed by atoms with E-state index < -0.39 is 0 Å². The zero-order valence-corrected chi connectivity index (χ0v) is 10.00. The molecule has 0 bridgehead atoms. The summed E-state index contributed by atoms with van der Waals surface area (Å²) in [5.74, 6) is 0.700. The number of nitrogen functional groups attached to an aromatic ring is 1. The zero-order chi connectivity index (χ0) is 12.5. The number of benzene rings is 1. The highest BCUT2D eigenvalue weighted by molar-refractivity contribution is 5.66. The minimum absolute atomic E-state index is 0.168. The van der Waals surface area contributed by atoms with Crippen molar-refractivity contribution in [1.29, 1.82) is 0 Å². The molecular formula is C12H13N5O. The smallest absolute Gasteiger partial charge is 0.322 e. The Kier molecular flexibility index (Phi) is 2.47. The van der Waals surface area contributed by atoms with Crippen molar-refractivity contribution in [2.75, 3.05) is 24.3 Å². The highest BCUT2D eigenvalue weighted by Gasteiger charge is 2.22. The summed E-state index contributed by atoms with van der Waals surface area (Å²) >= 11 is 0. The summed E-state index contributed by atoms with van der Waals surface area (Å²) in [6.45, 7) is 0.839. The van der Waals surface area contributed by atoms with Gasteiger partial charge in [0.1, 0.15) is 0 Å². The highest BCUT2D eigenvalue weighted by atomic mass is 16.5. The van der Waals surface area contributed by atoms with E-state index in [-0.39, 0.29) is 12.0 Å². The van der Waals surface area contributed by atoms with Crippen LogP contribution in [0.15, 0.2) is 24.3 Å². The highest BCUT2D eigenvalue weighted by Crippen LogP contribution is 2.32. The Hall–Kier alpha value is -2.37. The fraction of sp³-hybridized carbons (Fsp3) is 0.250. The van der Waals surface area contributed by atoms with Crippen LogP contribution in [0.5, 0.6) is 6.01 Å². The number of hydrogen-bond donors (Lipinski definition) is 1. The van der Waals surface area contributed by atoms with Crippen LogP contribution in [0.2, 0.25) is 0 Å². The molecule has 0 amide bonds. The summed E-state index contributed by atoms with van der Waals surface area (Å²) in [6, 6.07) is 8.43. The molecule has 1 aliphatic rings. The lowest BCUT2D eigenvalue weighted by Gasteiger charge is -2.17. The average Bonchev–Trinajstić information content (AvgIpc) is 2.81. The Bertz CT molecular complexity index is 586. The summed E-state index contributed by atoms with van der Waals surface area (Å²) in [5.41, 5.74) is 8.06. The van der Waals surface area contributed by atoms with Crippen molar-refractivity contribution in [3.63, 3.8) is 0 Å². The minimum atomic E-state index is 0.168. The van der Waals surface area contributed by atoms with E-state index in [9.17, 15) is 0 Å². The van der Waals surface area contributed by atoms with E-state index in [1.54, 1.807) is 0 Å². The van der Waals surface area contributed by atoms with Gasteiger partial charge >= 0.3 is 6.01 Å². The molecule has 92 valence electrons. The van der Waals surface area contributed by atoms with Gasteiger partial charge in [0.05, 0.1) is 7.11 Å². The largest absolute Gasteiger partial charge is 0.467 e. The van der Waals surface area contributed by atoms with E-state index >= 15 is 0 Å². The second kappa shape index (κ2) is 4.14. The number of fused-ring (bicyclic) bond motifs is 1. The zero-order valence-electron chi connectivity index (χ0n) is 10.00. The van der Waals surface area contributed by atoms with Crippen molar-refractivity contribution in [1.82, 2.24) is 15.0 Å². The first-order valence-electron chi connectivity index (χ1n) is 5.69. The number of nitrogens with two attached hydrogens (primary N) is 1. The predicted octanol–water partition coefficient (Wildman–Crippen LogP) is 1.16. The van der Waals surface area contributed by atoms with E-state index in [4.69, 9.17) is 10.5 Å². The summed E-state index contributed by atoms with van der Waals surface area (Å²) in [7, 11) is 1.51. The van der Waals surface area contributed by atoms with Crippen LogP contribution < -0.4 is 15.4 Å². The number of anilines is 3. The molecule has 1 aromatic carbocycles. The second-order valence-corrected chi connectivity index (χ2v) is 4.01. The third-order valence-electron chi connectivity index (χ3n) is 2.93. The van der Waals surface area contributed by atoms with Crippen LogP contribution in [0.4, 0.5) is 17.6 Å². The summed E-state index contributed by atoms with van der Waals surface area (Å²) in [4.78, 5) is 14.3. The molecule has 2 heterocycles. The molecule has 1 aromatic heterocycles. The number of hydrogen-bond acceptors (Lipinski definition) is 6. The van der Waals surface area contributed by atoms with Crippen LogP contribution in [0.25, 0.3) is 0 Å². The lowest BCUT2D eigenvalue weighted by Crippen LogP contribution is -2.18. The molecule has 0 spiro atoms. The Balaban J connectivity index is 2.04. The number of rotatable bonds is 2. The molecular weight excluding hydrogens is 230 g/mol. The first-order chi connectivity index (χ1) is 8.78. The lowest BCUT2D eigenvalue weighted by atomic mass is 10.2. The van der Waals surface area contributed by atoms with E-state index in [0.717, 1.165) is 18.7 Å². The fourth-order valence-corrected chi connectivity index (χ4v) is 2.12. The Morgan fingerprint density at radius 2 is 2.06 bits per heavy atom. The standard InChI is InChI=1S/C12H13N5O/c1-18-12-15-10(13)14-11(16-12)17-7-6-8-4-2-3-5-9(8)17/h2-5H,6-7H2,1H3,(H2,13,14,15,16). The number of para-hydroxylation sites is 1. The van der Waals surface area contributed by atoms with Gasteiger partial charge in [-0.3, -0.25) is 0 Å². The van der Waals surface area contributed by atoms with Crippen molar-refractivity contribution in [2.45, 2.75) is 6.42 Å². The number of methoxy groups -OCH3 is 1. The second-order valence-electron chi connectivity index (χ2n) is 4.01. The van der Waals surface area contributed by atoms with Crippen LogP contribution in [-0.4, -0.2) is 28.6 Å². The Morgan fingerprint density at radius 1 is 1.22 bits per heavy atom. The first-order valence-corrected chi connectivity index (χ1v) is 5.69.